The molecule has 1 aromatic rings. The molecule has 9 heteroatoms. The van der Waals surface area contributed by atoms with Crippen LogP contribution < -0.4 is 15.7 Å². The van der Waals surface area contributed by atoms with E-state index in [1.165, 1.54) is 17.8 Å². The minimum atomic E-state index is -0.984. The van der Waals surface area contributed by atoms with Crippen molar-refractivity contribution in [3.05, 3.63) is 28.3 Å². The summed E-state index contributed by atoms with van der Waals surface area (Å²) in [5, 5.41) is 3.71. The highest BCUT2D eigenvalue weighted by molar-refractivity contribution is 8.14. The molecule has 184 valence electrons. The minimum Gasteiger partial charge on any atom is -0.493 e. The van der Waals surface area contributed by atoms with Crippen LogP contribution in [-0.2, 0) is 14.3 Å². The van der Waals surface area contributed by atoms with Gasteiger partial charge in [-0.05, 0) is 52.9 Å². The average molecular weight is 481 g/mol. The lowest BCUT2D eigenvalue weighted by molar-refractivity contribution is -0.169. The summed E-state index contributed by atoms with van der Waals surface area (Å²) in [6, 6.07) is 2.61. The first kappa shape index (κ1) is 25.8. The smallest absolute Gasteiger partial charge is 0.339 e. The maximum atomic E-state index is 13.3. The van der Waals surface area contributed by atoms with Crippen LogP contribution in [0.25, 0.3) is 0 Å². The second-order valence-corrected chi connectivity index (χ2v) is 9.84. The fourth-order valence-electron chi connectivity index (χ4n) is 3.68. The molecule has 0 bridgehead atoms. The van der Waals surface area contributed by atoms with Crippen LogP contribution in [-0.4, -0.2) is 47.9 Å². The number of amides is 1. The van der Waals surface area contributed by atoms with Crippen molar-refractivity contribution in [3.63, 3.8) is 0 Å². The van der Waals surface area contributed by atoms with Gasteiger partial charge in [-0.25, -0.2) is 4.79 Å². The summed E-state index contributed by atoms with van der Waals surface area (Å²) < 4.78 is 22.9. The number of carbonyl (C=O) groups excluding carboxylic acids is 1. The lowest BCUT2D eigenvalue weighted by Crippen LogP contribution is -2.45. The standard InChI is InChI=1S/C24H36N2O6S/c1-6-9-18(19-12-17(13-20(27)32-19)29-14-16-10-11-16)25-21(28)23(4)15-33-22(26-23)24(5,30-7-2)31-8-3/h12-13,16,18H,6-11,14-15H2,1-5H3,(H,25,28). The predicted molar refractivity (Wildman–Crippen MR) is 129 cm³/mol. The fraction of sp³-hybridized carbons (Fsp3) is 0.708. The van der Waals surface area contributed by atoms with Crippen LogP contribution in [0.5, 0.6) is 5.75 Å². The molecule has 2 unspecified atom stereocenters. The molecule has 0 saturated heterocycles. The highest BCUT2D eigenvalue weighted by atomic mass is 32.2. The van der Waals surface area contributed by atoms with Gasteiger partial charge in [0.25, 0.3) is 0 Å². The van der Waals surface area contributed by atoms with E-state index in [0.29, 0.717) is 54.5 Å². The first-order valence-electron chi connectivity index (χ1n) is 11.8. The van der Waals surface area contributed by atoms with Gasteiger partial charge in [0.15, 0.2) is 0 Å². The Morgan fingerprint density at radius 3 is 2.61 bits per heavy atom. The fourth-order valence-corrected chi connectivity index (χ4v) is 4.94. The molecule has 1 aromatic heterocycles. The Kier molecular flexibility index (Phi) is 8.64. The SMILES string of the molecule is CCCC(NC(=O)C1(C)CSC(C(C)(OCC)OCC)=N1)c1cc(OCC2CC2)cc(=O)o1. The van der Waals surface area contributed by atoms with E-state index >= 15 is 0 Å². The van der Waals surface area contributed by atoms with Gasteiger partial charge < -0.3 is 23.9 Å². The van der Waals surface area contributed by atoms with Gasteiger partial charge >= 0.3 is 5.63 Å². The van der Waals surface area contributed by atoms with Gasteiger partial charge in [-0.2, -0.15) is 0 Å². The van der Waals surface area contributed by atoms with E-state index < -0.39 is 23.0 Å². The molecule has 1 saturated carbocycles. The van der Waals surface area contributed by atoms with Crippen molar-refractivity contribution in [2.45, 2.75) is 77.7 Å². The molecule has 0 aromatic carbocycles. The van der Waals surface area contributed by atoms with Crippen molar-refractivity contribution in [2.75, 3.05) is 25.6 Å². The summed E-state index contributed by atoms with van der Waals surface area (Å²) in [7, 11) is 0. The third-order valence-electron chi connectivity index (χ3n) is 5.73. The van der Waals surface area contributed by atoms with Gasteiger partial charge in [-0.3, -0.25) is 9.79 Å². The molecule has 2 heterocycles. The number of hydrogen-bond acceptors (Lipinski definition) is 8. The summed E-state index contributed by atoms with van der Waals surface area (Å²) in [5.74, 6) is 0.710. The highest BCUT2D eigenvalue weighted by Gasteiger charge is 2.45. The molecular formula is C24H36N2O6S. The zero-order valence-electron chi connectivity index (χ0n) is 20.3. The zero-order valence-corrected chi connectivity index (χ0v) is 21.1. The van der Waals surface area contributed by atoms with E-state index in [4.69, 9.17) is 23.6 Å². The molecule has 8 nitrogen and oxygen atoms in total. The largest absolute Gasteiger partial charge is 0.493 e. The van der Waals surface area contributed by atoms with Crippen molar-refractivity contribution < 1.29 is 23.4 Å². The van der Waals surface area contributed by atoms with Crippen molar-refractivity contribution in [1.29, 1.82) is 0 Å². The van der Waals surface area contributed by atoms with E-state index in [1.54, 1.807) is 13.0 Å². The van der Waals surface area contributed by atoms with Crippen LogP contribution in [0.1, 0.15) is 72.1 Å². The average Bonchev–Trinajstić information content (AvgIpc) is 3.51. The number of nitrogens with zero attached hydrogens (tertiary/aromatic N) is 1. The second-order valence-electron chi connectivity index (χ2n) is 8.87. The van der Waals surface area contributed by atoms with Crippen LogP contribution in [0, 0.1) is 5.92 Å². The van der Waals surface area contributed by atoms with Gasteiger partial charge in [0.05, 0.1) is 18.7 Å². The minimum absolute atomic E-state index is 0.231. The summed E-state index contributed by atoms with van der Waals surface area (Å²) in [6.07, 6.45) is 3.74. The monoisotopic (exact) mass is 480 g/mol. The van der Waals surface area contributed by atoms with E-state index in [2.05, 4.69) is 5.32 Å². The van der Waals surface area contributed by atoms with Gasteiger partial charge in [-0.15, -0.1) is 11.8 Å². The number of rotatable bonds is 13. The molecule has 1 amide bonds. The van der Waals surface area contributed by atoms with Crippen LogP contribution in [0.3, 0.4) is 0 Å². The number of carbonyl (C=O) groups is 1. The Labute approximate surface area is 199 Å². The summed E-state index contributed by atoms with van der Waals surface area (Å²) >= 11 is 1.47. The number of thioether (sulfide) groups is 1. The Balaban J connectivity index is 1.77. The third-order valence-corrected chi connectivity index (χ3v) is 7.17. The van der Waals surface area contributed by atoms with Crippen molar-refractivity contribution in [2.24, 2.45) is 10.9 Å². The normalized spacial score (nSPS) is 21.5. The Morgan fingerprint density at radius 2 is 2.00 bits per heavy atom. The number of hydrogen-bond donors (Lipinski definition) is 1. The van der Waals surface area contributed by atoms with Crippen LogP contribution in [0.2, 0.25) is 0 Å². The first-order valence-corrected chi connectivity index (χ1v) is 12.8. The van der Waals surface area contributed by atoms with Gasteiger partial charge in [0.2, 0.25) is 11.7 Å². The molecule has 0 radical (unpaired) electrons. The molecule has 2 atom stereocenters. The lowest BCUT2D eigenvalue weighted by Gasteiger charge is -2.28. The van der Waals surface area contributed by atoms with E-state index in [1.807, 2.05) is 27.7 Å². The van der Waals surface area contributed by atoms with Gasteiger partial charge in [0.1, 0.15) is 22.1 Å². The molecule has 1 aliphatic heterocycles. The summed E-state index contributed by atoms with van der Waals surface area (Å²) in [5.41, 5.74) is -1.47. The van der Waals surface area contributed by atoms with Gasteiger partial charge in [-0.1, -0.05) is 13.3 Å². The zero-order chi connectivity index (χ0) is 24.1. The molecule has 1 fully saturated rings. The Hall–Kier alpha value is -1.84. The Bertz CT molecular complexity index is 906. The topological polar surface area (TPSA) is 99.4 Å². The molecule has 2 aliphatic rings. The quantitative estimate of drug-likeness (QED) is 0.425. The third kappa shape index (κ3) is 6.61. The number of nitrogens with one attached hydrogen (secondary N) is 1. The van der Waals surface area contributed by atoms with Crippen molar-refractivity contribution >= 4 is 22.7 Å². The van der Waals surface area contributed by atoms with Crippen molar-refractivity contribution in [3.8, 4) is 5.75 Å². The molecule has 1 N–H and O–H groups in total. The van der Waals surface area contributed by atoms with Gasteiger partial charge in [0, 0.05) is 25.0 Å². The molecular weight excluding hydrogens is 444 g/mol. The molecule has 33 heavy (non-hydrogen) atoms. The summed E-state index contributed by atoms with van der Waals surface area (Å²) in [4.78, 5) is 30.2. The first-order chi connectivity index (χ1) is 15.7. The molecule has 3 rings (SSSR count). The molecule has 0 spiro atoms. The van der Waals surface area contributed by atoms with Crippen LogP contribution in [0.4, 0.5) is 0 Å². The maximum Gasteiger partial charge on any atom is 0.339 e. The maximum absolute atomic E-state index is 13.3. The summed E-state index contributed by atoms with van der Waals surface area (Å²) in [6.45, 7) is 11.0. The van der Waals surface area contributed by atoms with E-state index in [-0.39, 0.29) is 5.91 Å². The van der Waals surface area contributed by atoms with E-state index in [9.17, 15) is 9.59 Å². The Morgan fingerprint density at radius 1 is 1.30 bits per heavy atom. The lowest BCUT2D eigenvalue weighted by atomic mass is 10.0. The number of ether oxygens (including phenoxy) is 3. The predicted octanol–water partition coefficient (Wildman–Crippen LogP) is 4.08. The van der Waals surface area contributed by atoms with Crippen molar-refractivity contribution in [1.82, 2.24) is 5.32 Å². The van der Waals surface area contributed by atoms with Crippen LogP contribution >= 0.6 is 11.8 Å². The highest BCUT2D eigenvalue weighted by Crippen LogP contribution is 2.36. The van der Waals surface area contributed by atoms with E-state index in [0.717, 1.165) is 19.3 Å². The molecule has 1 aliphatic carbocycles. The second kappa shape index (κ2) is 11.1. The number of aliphatic imine (C=N–C) groups is 1. The van der Waals surface area contributed by atoms with Crippen LogP contribution in [0.15, 0.2) is 26.3 Å².